The molecular formula is C67H42N2. The van der Waals surface area contributed by atoms with Crippen molar-refractivity contribution in [3.63, 3.8) is 0 Å². The van der Waals surface area contributed by atoms with Crippen LogP contribution in [0.4, 0.5) is 17.1 Å². The predicted molar refractivity (Wildman–Crippen MR) is 290 cm³/mol. The Morgan fingerprint density at radius 1 is 0.304 bits per heavy atom. The second kappa shape index (κ2) is 14.5. The van der Waals surface area contributed by atoms with Gasteiger partial charge in [-0.25, -0.2) is 0 Å². The molecule has 0 saturated heterocycles. The van der Waals surface area contributed by atoms with E-state index in [1.165, 1.54) is 110 Å². The van der Waals surface area contributed by atoms with Crippen molar-refractivity contribution in [1.29, 1.82) is 0 Å². The first-order valence-corrected chi connectivity index (χ1v) is 24.0. The Hall–Kier alpha value is -8.98. The Balaban J connectivity index is 1.08. The van der Waals surface area contributed by atoms with E-state index in [4.69, 9.17) is 0 Å². The van der Waals surface area contributed by atoms with Crippen LogP contribution in [0.15, 0.2) is 255 Å². The van der Waals surface area contributed by atoms with E-state index in [2.05, 4.69) is 264 Å². The highest BCUT2D eigenvalue weighted by atomic mass is 15.1. The van der Waals surface area contributed by atoms with Crippen molar-refractivity contribution in [3.05, 3.63) is 277 Å². The molecular weight excluding hydrogens is 833 g/mol. The van der Waals surface area contributed by atoms with Crippen LogP contribution in [0.3, 0.4) is 0 Å². The van der Waals surface area contributed by atoms with Gasteiger partial charge in [0.2, 0.25) is 0 Å². The van der Waals surface area contributed by atoms with Gasteiger partial charge in [-0.3, -0.25) is 0 Å². The van der Waals surface area contributed by atoms with Crippen LogP contribution in [0.1, 0.15) is 22.3 Å². The molecule has 0 saturated carbocycles. The largest absolute Gasteiger partial charge is 0.310 e. The van der Waals surface area contributed by atoms with Crippen LogP contribution in [0.25, 0.3) is 93.2 Å². The molecule has 2 heteroatoms. The van der Waals surface area contributed by atoms with E-state index in [0.29, 0.717) is 0 Å². The fourth-order valence-corrected chi connectivity index (χ4v) is 12.6. The highest BCUT2D eigenvalue weighted by molar-refractivity contribution is 6.15. The highest BCUT2D eigenvalue weighted by Gasteiger charge is 2.49. The van der Waals surface area contributed by atoms with Gasteiger partial charge in [0.1, 0.15) is 0 Å². The van der Waals surface area contributed by atoms with E-state index in [0.717, 1.165) is 22.7 Å². The number of nitrogens with zero attached hydrogens (tertiary/aromatic N) is 2. The molecule has 13 aromatic rings. The molecule has 0 radical (unpaired) electrons. The zero-order valence-electron chi connectivity index (χ0n) is 37.6. The van der Waals surface area contributed by atoms with E-state index in [1.54, 1.807) is 0 Å². The molecule has 12 aromatic carbocycles. The van der Waals surface area contributed by atoms with Gasteiger partial charge in [-0.1, -0.05) is 206 Å². The van der Waals surface area contributed by atoms with Crippen molar-refractivity contribution in [2.24, 2.45) is 0 Å². The van der Waals surface area contributed by atoms with Gasteiger partial charge in [0.05, 0.1) is 22.1 Å². The molecule has 0 aliphatic heterocycles. The topological polar surface area (TPSA) is 8.17 Å². The van der Waals surface area contributed by atoms with Gasteiger partial charge < -0.3 is 9.47 Å². The van der Waals surface area contributed by atoms with E-state index in [1.807, 2.05) is 0 Å². The van der Waals surface area contributed by atoms with Crippen LogP contribution in [0.5, 0.6) is 0 Å². The summed E-state index contributed by atoms with van der Waals surface area (Å²) in [6.45, 7) is 0. The Labute approximate surface area is 400 Å². The summed E-state index contributed by atoms with van der Waals surface area (Å²) in [7, 11) is 0. The summed E-state index contributed by atoms with van der Waals surface area (Å²) < 4.78 is 2.43. The number of benzene rings is 12. The van der Waals surface area contributed by atoms with Crippen molar-refractivity contribution in [3.8, 4) is 39.1 Å². The molecule has 0 bridgehead atoms. The van der Waals surface area contributed by atoms with Gasteiger partial charge in [-0.2, -0.15) is 0 Å². The van der Waals surface area contributed by atoms with Crippen LogP contribution in [0.2, 0.25) is 0 Å². The molecule has 320 valence electrons. The van der Waals surface area contributed by atoms with Gasteiger partial charge >= 0.3 is 0 Å². The minimum Gasteiger partial charge on any atom is -0.310 e. The molecule has 0 amide bonds. The Morgan fingerprint density at radius 3 is 1.74 bits per heavy atom. The molecule has 1 atom stereocenters. The fourth-order valence-electron chi connectivity index (χ4n) is 12.6. The number of hydrogen-bond acceptors (Lipinski definition) is 1. The summed E-state index contributed by atoms with van der Waals surface area (Å²) in [5.41, 5.74) is 19.0. The van der Waals surface area contributed by atoms with E-state index < -0.39 is 5.41 Å². The smallest absolute Gasteiger partial charge is 0.0726 e. The number of hydrogen-bond donors (Lipinski definition) is 0. The predicted octanol–water partition coefficient (Wildman–Crippen LogP) is 17.7. The average Bonchev–Trinajstić information content (AvgIpc) is 3.75. The van der Waals surface area contributed by atoms with E-state index >= 15 is 0 Å². The maximum Gasteiger partial charge on any atom is 0.0726 e. The van der Waals surface area contributed by atoms with Gasteiger partial charge in [-0.05, 0) is 131 Å². The lowest BCUT2D eigenvalue weighted by Crippen LogP contribution is -2.36. The molecule has 0 N–H and O–H groups in total. The molecule has 1 aromatic heterocycles. The maximum absolute atomic E-state index is 2.55. The number of aromatic nitrogens is 1. The Morgan fingerprint density at radius 2 is 0.855 bits per heavy atom. The molecule has 0 fully saturated rings. The Kier molecular flexibility index (Phi) is 8.02. The summed E-state index contributed by atoms with van der Waals surface area (Å²) in [4.78, 5) is 2.51. The monoisotopic (exact) mass is 874 g/mol. The second-order valence-corrected chi connectivity index (χ2v) is 18.7. The third kappa shape index (κ3) is 5.26. The zero-order chi connectivity index (χ0) is 45.2. The summed E-state index contributed by atoms with van der Waals surface area (Å²) in [5, 5.41) is 10.0. The van der Waals surface area contributed by atoms with Crippen LogP contribution in [-0.2, 0) is 5.41 Å². The first-order chi connectivity index (χ1) is 34.3. The van der Waals surface area contributed by atoms with Crippen LogP contribution >= 0.6 is 0 Å². The van der Waals surface area contributed by atoms with Crippen molar-refractivity contribution in [2.45, 2.75) is 5.41 Å². The summed E-state index contributed by atoms with van der Waals surface area (Å²) in [6, 6.07) is 95.3. The van der Waals surface area contributed by atoms with Crippen molar-refractivity contribution < 1.29 is 0 Å². The van der Waals surface area contributed by atoms with Gasteiger partial charge in [0, 0.05) is 33.2 Å². The van der Waals surface area contributed by atoms with Crippen LogP contribution in [-0.4, -0.2) is 4.57 Å². The SMILES string of the molecule is c1ccc(-c2ccc3c4c(cccc24)C2(c4ccccc4-c4cccc5cccc2c45)c2cc(N(c4ccc5c6ccccc6n(-c6ccccc6)c5c4)c4cccc5ccccc45)ccc2-3)cc1. The Bertz CT molecular complexity index is 4250. The molecule has 1 unspecified atom stereocenters. The lowest BCUT2D eigenvalue weighted by atomic mass is 9.55. The van der Waals surface area contributed by atoms with E-state index in [9.17, 15) is 0 Å². The molecule has 15 rings (SSSR count). The molecule has 2 aliphatic rings. The quantitative estimate of drug-likeness (QED) is 0.167. The van der Waals surface area contributed by atoms with Crippen LogP contribution < -0.4 is 4.90 Å². The van der Waals surface area contributed by atoms with Crippen molar-refractivity contribution in [2.75, 3.05) is 4.90 Å². The number of anilines is 3. The van der Waals surface area contributed by atoms with Gasteiger partial charge in [-0.15, -0.1) is 0 Å². The first kappa shape index (κ1) is 38.2. The average molecular weight is 875 g/mol. The van der Waals surface area contributed by atoms with Gasteiger partial charge in [0.25, 0.3) is 0 Å². The third-order valence-corrected chi connectivity index (χ3v) is 15.4. The zero-order valence-corrected chi connectivity index (χ0v) is 37.6. The standard InChI is InChI=1S/C67H42N2/c1-3-17-43(18-4-1)49-39-40-57-52-37-35-47(41-61(52)67(60-32-16-29-55(49)66(57)60)58-30-11-9-26-51(58)56-28-13-21-45-22-14-31-59(67)65(45)56)68(62-34-15-20-44-19-7-8-25-50(44)62)48-36-38-54-53-27-10-12-33-63(53)69(64(54)42-48)46-23-5-2-6-24-46/h1-42H. The number of para-hydroxylation sites is 2. The molecule has 1 heterocycles. The van der Waals surface area contributed by atoms with Crippen LogP contribution in [0, 0.1) is 0 Å². The minimum atomic E-state index is -0.661. The molecule has 1 spiro atoms. The minimum absolute atomic E-state index is 0.661. The third-order valence-electron chi connectivity index (χ3n) is 15.4. The fraction of sp³-hybridized carbons (Fsp3) is 0.0149. The lowest BCUT2D eigenvalue weighted by Gasteiger charge is -2.46. The molecule has 2 nitrogen and oxygen atoms in total. The van der Waals surface area contributed by atoms with Crippen molar-refractivity contribution in [1.82, 2.24) is 4.57 Å². The molecule has 69 heavy (non-hydrogen) atoms. The van der Waals surface area contributed by atoms with E-state index in [-0.39, 0.29) is 0 Å². The second-order valence-electron chi connectivity index (χ2n) is 18.7. The maximum atomic E-state index is 2.55. The summed E-state index contributed by atoms with van der Waals surface area (Å²) >= 11 is 0. The summed E-state index contributed by atoms with van der Waals surface area (Å²) in [6.07, 6.45) is 0. The van der Waals surface area contributed by atoms with Crippen molar-refractivity contribution >= 4 is 71.2 Å². The normalized spacial score (nSPS) is 14.4. The first-order valence-electron chi connectivity index (χ1n) is 24.0. The highest BCUT2D eigenvalue weighted by Crippen LogP contribution is 2.62. The van der Waals surface area contributed by atoms with Gasteiger partial charge in [0.15, 0.2) is 0 Å². The summed E-state index contributed by atoms with van der Waals surface area (Å²) in [5.74, 6) is 0. The number of rotatable bonds is 5. The lowest BCUT2D eigenvalue weighted by molar-refractivity contribution is 0.754. The molecule has 2 aliphatic carbocycles. The number of fused-ring (bicyclic) bond motifs is 12.